The Morgan fingerprint density at radius 1 is 1.50 bits per heavy atom. The lowest BCUT2D eigenvalue weighted by atomic mass is 10.0. The predicted octanol–water partition coefficient (Wildman–Crippen LogP) is 1.38. The maximum Gasteiger partial charge on any atom is 0.269 e. The largest absolute Gasteiger partial charge is 0.358 e. The van der Waals surface area contributed by atoms with Gasteiger partial charge in [0.25, 0.3) is 5.69 Å². The molecular weight excluding hydrogens is 234 g/mol. The van der Waals surface area contributed by atoms with E-state index < -0.39 is 4.92 Å². The summed E-state index contributed by atoms with van der Waals surface area (Å²) in [5.41, 5.74) is 0.878. The number of nitro groups is 1. The van der Waals surface area contributed by atoms with Crippen molar-refractivity contribution in [3.8, 4) is 0 Å². The molecule has 1 aromatic carbocycles. The van der Waals surface area contributed by atoms with Crippen LogP contribution in [0.2, 0.25) is 0 Å². The standard InChI is InChI=1S/C12H17N3O3/c1-3-11(14-8-12(16)13-2)9-5-4-6-10(7-9)15(17)18/h4-7,11,14H,3,8H2,1-2H3,(H,13,16). The number of amides is 1. The Bertz CT molecular complexity index is 434. The average molecular weight is 251 g/mol. The van der Waals surface area contributed by atoms with E-state index in [9.17, 15) is 14.9 Å². The average Bonchev–Trinajstić information content (AvgIpc) is 2.39. The molecular formula is C12H17N3O3. The first-order valence-electron chi connectivity index (χ1n) is 5.76. The molecule has 1 unspecified atom stereocenters. The minimum atomic E-state index is -0.422. The SMILES string of the molecule is CCC(NCC(=O)NC)c1cccc([N+](=O)[O-])c1. The van der Waals surface area contributed by atoms with Gasteiger partial charge in [-0.2, -0.15) is 0 Å². The van der Waals surface area contributed by atoms with E-state index >= 15 is 0 Å². The molecule has 0 bridgehead atoms. The van der Waals surface area contributed by atoms with Crippen molar-refractivity contribution in [3.63, 3.8) is 0 Å². The van der Waals surface area contributed by atoms with Gasteiger partial charge in [-0.1, -0.05) is 19.1 Å². The molecule has 1 amide bonds. The van der Waals surface area contributed by atoms with E-state index in [1.165, 1.54) is 12.1 Å². The third-order valence-corrected chi connectivity index (χ3v) is 2.68. The van der Waals surface area contributed by atoms with E-state index in [0.717, 1.165) is 12.0 Å². The molecule has 0 fully saturated rings. The van der Waals surface area contributed by atoms with Crippen LogP contribution >= 0.6 is 0 Å². The van der Waals surface area contributed by atoms with Gasteiger partial charge in [0.1, 0.15) is 0 Å². The maximum atomic E-state index is 11.2. The lowest BCUT2D eigenvalue weighted by Crippen LogP contribution is -2.33. The predicted molar refractivity (Wildman–Crippen MR) is 68.2 cm³/mol. The first-order chi connectivity index (χ1) is 8.58. The highest BCUT2D eigenvalue weighted by atomic mass is 16.6. The summed E-state index contributed by atoms with van der Waals surface area (Å²) in [5, 5.41) is 16.3. The minimum absolute atomic E-state index is 0.0627. The van der Waals surface area contributed by atoms with Crippen molar-refractivity contribution < 1.29 is 9.72 Å². The molecule has 0 aliphatic rings. The Morgan fingerprint density at radius 2 is 2.22 bits per heavy atom. The molecule has 0 aliphatic heterocycles. The summed E-state index contributed by atoms with van der Waals surface area (Å²) in [4.78, 5) is 21.4. The highest BCUT2D eigenvalue weighted by molar-refractivity contribution is 5.77. The van der Waals surface area contributed by atoms with Crippen molar-refractivity contribution in [1.29, 1.82) is 0 Å². The van der Waals surface area contributed by atoms with Crippen molar-refractivity contribution >= 4 is 11.6 Å². The molecule has 0 radical (unpaired) electrons. The van der Waals surface area contributed by atoms with Gasteiger partial charge in [0.2, 0.25) is 5.91 Å². The summed E-state index contributed by atoms with van der Waals surface area (Å²) < 4.78 is 0. The molecule has 1 rings (SSSR count). The third kappa shape index (κ3) is 3.81. The number of nitrogens with one attached hydrogen (secondary N) is 2. The molecule has 0 saturated carbocycles. The summed E-state index contributed by atoms with van der Waals surface area (Å²) in [6, 6.07) is 6.39. The number of non-ortho nitro benzene ring substituents is 1. The van der Waals surface area contributed by atoms with Gasteiger partial charge in [-0.15, -0.1) is 0 Å². The number of carbonyl (C=O) groups excluding carboxylic acids is 1. The van der Waals surface area contributed by atoms with Crippen LogP contribution in [-0.4, -0.2) is 24.4 Å². The number of nitro benzene ring substituents is 1. The van der Waals surface area contributed by atoms with E-state index in [0.29, 0.717) is 0 Å². The lowest BCUT2D eigenvalue weighted by Gasteiger charge is -2.16. The van der Waals surface area contributed by atoms with E-state index in [1.54, 1.807) is 13.1 Å². The fourth-order valence-electron chi connectivity index (χ4n) is 1.66. The van der Waals surface area contributed by atoms with Crippen molar-refractivity contribution in [2.45, 2.75) is 19.4 Å². The normalized spacial score (nSPS) is 11.9. The van der Waals surface area contributed by atoms with Gasteiger partial charge >= 0.3 is 0 Å². The van der Waals surface area contributed by atoms with E-state index in [1.807, 2.05) is 13.0 Å². The molecule has 0 aliphatic carbocycles. The molecule has 18 heavy (non-hydrogen) atoms. The van der Waals surface area contributed by atoms with E-state index in [2.05, 4.69) is 10.6 Å². The molecule has 6 nitrogen and oxygen atoms in total. The Morgan fingerprint density at radius 3 is 2.78 bits per heavy atom. The second kappa shape index (κ2) is 6.70. The van der Waals surface area contributed by atoms with Crippen LogP contribution in [0.4, 0.5) is 5.69 Å². The molecule has 0 aromatic heterocycles. The van der Waals surface area contributed by atoms with Gasteiger partial charge in [-0.25, -0.2) is 0 Å². The number of hydrogen-bond donors (Lipinski definition) is 2. The van der Waals surface area contributed by atoms with Crippen LogP contribution in [0.25, 0.3) is 0 Å². The maximum absolute atomic E-state index is 11.2. The molecule has 1 aromatic rings. The van der Waals surface area contributed by atoms with Crippen LogP contribution < -0.4 is 10.6 Å². The minimum Gasteiger partial charge on any atom is -0.358 e. The zero-order chi connectivity index (χ0) is 13.5. The van der Waals surface area contributed by atoms with Gasteiger partial charge in [0.05, 0.1) is 11.5 Å². The van der Waals surface area contributed by atoms with Crippen molar-refractivity contribution in [2.24, 2.45) is 0 Å². The van der Waals surface area contributed by atoms with Crippen LogP contribution in [0, 0.1) is 10.1 Å². The van der Waals surface area contributed by atoms with E-state index in [-0.39, 0.29) is 24.2 Å². The number of likely N-dealkylation sites (N-methyl/N-ethyl adjacent to an activating group) is 1. The fourth-order valence-corrected chi connectivity index (χ4v) is 1.66. The molecule has 0 heterocycles. The molecule has 6 heteroatoms. The molecule has 98 valence electrons. The summed E-state index contributed by atoms with van der Waals surface area (Å²) in [5.74, 6) is -0.112. The Labute approximate surface area is 106 Å². The second-order valence-corrected chi connectivity index (χ2v) is 3.87. The van der Waals surface area contributed by atoms with Crippen LogP contribution in [-0.2, 0) is 4.79 Å². The Balaban J connectivity index is 2.78. The lowest BCUT2D eigenvalue weighted by molar-refractivity contribution is -0.384. The second-order valence-electron chi connectivity index (χ2n) is 3.87. The van der Waals surface area contributed by atoms with Gasteiger partial charge in [-0.05, 0) is 12.0 Å². The summed E-state index contributed by atoms with van der Waals surface area (Å²) in [7, 11) is 1.57. The highest BCUT2D eigenvalue weighted by Crippen LogP contribution is 2.21. The molecule has 1 atom stereocenters. The van der Waals surface area contributed by atoms with Crippen molar-refractivity contribution in [2.75, 3.05) is 13.6 Å². The smallest absolute Gasteiger partial charge is 0.269 e. The van der Waals surface area contributed by atoms with Crippen molar-refractivity contribution in [1.82, 2.24) is 10.6 Å². The van der Waals surface area contributed by atoms with Gasteiger partial charge in [0, 0.05) is 25.2 Å². The number of rotatable bonds is 6. The summed E-state index contributed by atoms with van der Waals surface area (Å²) in [6.07, 6.45) is 0.748. The van der Waals surface area contributed by atoms with E-state index in [4.69, 9.17) is 0 Å². The van der Waals surface area contributed by atoms with Crippen LogP contribution in [0.15, 0.2) is 24.3 Å². The molecule has 0 spiro atoms. The fraction of sp³-hybridized carbons (Fsp3) is 0.417. The van der Waals surface area contributed by atoms with Gasteiger partial charge < -0.3 is 10.6 Å². The topological polar surface area (TPSA) is 84.3 Å². The van der Waals surface area contributed by atoms with Crippen LogP contribution in [0.1, 0.15) is 24.9 Å². The van der Waals surface area contributed by atoms with Crippen LogP contribution in [0.3, 0.4) is 0 Å². The third-order valence-electron chi connectivity index (χ3n) is 2.68. The van der Waals surface area contributed by atoms with Gasteiger partial charge in [-0.3, -0.25) is 14.9 Å². The first-order valence-corrected chi connectivity index (χ1v) is 5.76. The number of hydrogen-bond acceptors (Lipinski definition) is 4. The monoisotopic (exact) mass is 251 g/mol. The zero-order valence-electron chi connectivity index (χ0n) is 10.5. The number of nitrogens with zero attached hydrogens (tertiary/aromatic N) is 1. The van der Waals surface area contributed by atoms with Crippen LogP contribution in [0.5, 0.6) is 0 Å². The zero-order valence-corrected chi connectivity index (χ0v) is 10.5. The summed E-state index contributed by atoms with van der Waals surface area (Å²) >= 11 is 0. The Hall–Kier alpha value is -1.95. The number of benzene rings is 1. The first kappa shape index (κ1) is 14.1. The van der Waals surface area contributed by atoms with Crippen molar-refractivity contribution in [3.05, 3.63) is 39.9 Å². The summed E-state index contributed by atoms with van der Waals surface area (Å²) in [6.45, 7) is 2.15. The van der Waals surface area contributed by atoms with Gasteiger partial charge in [0.15, 0.2) is 0 Å². The molecule has 2 N–H and O–H groups in total. The highest BCUT2D eigenvalue weighted by Gasteiger charge is 2.13. The quantitative estimate of drug-likeness (QED) is 0.591. The molecule has 0 saturated heterocycles. The number of carbonyl (C=O) groups is 1. The Kier molecular flexibility index (Phi) is 5.26.